The number of aliphatic carboxylic acids is 2. The lowest BCUT2D eigenvalue weighted by Crippen LogP contribution is -2.49. The van der Waals surface area contributed by atoms with Crippen LogP contribution in [0.2, 0.25) is 0 Å². The van der Waals surface area contributed by atoms with E-state index >= 15 is 0 Å². The SMILES string of the molecule is C[N+](C)(C)C[C@@H](CC(=O)O)NS(=O)(=O)c1ccc(-c2ccccn2)s1.O=C(O)C(F)(F)F. The third-order valence-corrected chi connectivity index (χ3v) is 6.64. The Morgan fingerprint density at radius 2 is 1.75 bits per heavy atom. The number of pyridine rings is 1. The van der Waals surface area contributed by atoms with Gasteiger partial charge in [0.15, 0.2) is 0 Å². The predicted octanol–water partition coefficient (Wildman–Crippen LogP) is 2.27. The molecule has 32 heavy (non-hydrogen) atoms. The maximum atomic E-state index is 12.6. The van der Waals surface area contributed by atoms with Crippen molar-refractivity contribution >= 4 is 33.3 Å². The van der Waals surface area contributed by atoms with E-state index in [0.717, 1.165) is 16.2 Å². The maximum absolute atomic E-state index is 12.6. The third kappa shape index (κ3) is 9.72. The monoisotopic (exact) mass is 498 g/mol. The zero-order valence-corrected chi connectivity index (χ0v) is 19.0. The first-order valence-electron chi connectivity index (χ1n) is 8.87. The minimum absolute atomic E-state index is 0.143. The molecule has 0 fully saturated rings. The molecule has 0 amide bonds. The highest BCUT2D eigenvalue weighted by Gasteiger charge is 2.38. The summed E-state index contributed by atoms with van der Waals surface area (Å²) in [5.74, 6) is -3.80. The zero-order valence-electron chi connectivity index (χ0n) is 17.3. The number of nitrogens with one attached hydrogen (secondary N) is 1. The number of hydrogen-bond donors (Lipinski definition) is 3. The molecule has 9 nitrogen and oxygen atoms in total. The van der Waals surface area contributed by atoms with Crippen LogP contribution in [0.5, 0.6) is 0 Å². The molecule has 0 saturated heterocycles. The summed E-state index contributed by atoms with van der Waals surface area (Å²) in [5, 5.41) is 16.2. The smallest absolute Gasteiger partial charge is 0.481 e. The number of sulfonamides is 1. The van der Waals surface area contributed by atoms with Crippen LogP contribution in [0.4, 0.5) is 13.2 Å². The van der Waals surface area contributed by atoms with Crippen molar-refractivity contribution in [2.75, 3.05) is 27.7 Å². The summed E-state index contributed by atoms with van der Waals surface area (Å²) in [6.45, 7) is 0.365. The Bertz CT molecular complexity index is 1020. The molecule has 0 radical (unpaired) electrons. The molecule has 0 spiro atoms. The van der Waals surface area contributed by atoms with Gasteiger partial charge in [-0.15, -0.1) is 11.3 Å². The van der Waals surface area contributed by atoms with Gasteiger partial charge < -0.3 is 14.7 Å². The Balaban J connectivity index is 0.000000633. The fourth-order valence-corrected chi connectivity index (χ4v) is 4.93. The van der Waals surface area contributed by atoms with E-state index < -0.39 is 34.2 Å². The van der Waals surface area contributed by atoms with E-state index in [4.69, 9.17) is 15.0 Å². The van der Waals surface area contributed by atoms with Crippen molar-refractivity contribution in [3.8, 4) is 10.6 Å². The lowest BCUT2D eigenvalue weighted by atomic mass is 10.2. The number of rotatable bonds is 8. The number of nitrogens with zero attached hydrogens (tertiary/aromatic N) is 2. The van der Waals surface area contributed by atoms with Crippen molar-refractivity contribution in [1.82, 2.24) is 9.71 Å². The second kappa shape index (κ2) is 10.8. The summed E-state index contributed by atoms with van der Waals surface area (Å²) in [6, 6.07) is 7.95. The van der Waals surface area contributed by atoms with Gasteiger partial charge in [-0.05, 0) is 24.3 Å². The highest BCUT2D eigenvalue weighted by Crippen LogP contribution is 2.29. The van der Waals surface area contributed by atoms with E-state index in [2.05, 4.69) is 9.71 Å². The lowest BCUT2D eigenvalue weighted by Gasteiger charge is -2.28. The van der Waals surface area contributed by atoms with Crippen LogP contribution in [0.25, 0.3) is 10.6 Å². The second-order valence-corrected chi connectivity index (χ2v) is 10.6. The number of quaternary nitrogens is 1. The number of likely N-dealkylation sites (N-methyl/N-ethyl adjacent to an activating group) is 1. The number of hydrogen-bond acceptors (Lipinski definition) is 6. The average molecular weight is 499 g/mol. The van der Waals surface area contributed by atoms with Gasteiger partial charge in [0.25, 0.3) is 10.0 Å². The van der Waals surface area contributed by atoms with Crippen LogP contribution < -0.4 is 4.72 Å². The van der Waals surface area contributed by atoms with E-state index in [1.165, 1.54) is 6.07 Å². The van der Waals surface area contributed by atoms with Gasteiger partial charge in [0.1, 0.15) is 4.21 Å². The molecule has 2 aromatic heterocycles. The molecule has 0 aromatic carbocycles. The molecule has 1 atom stereocenters. The molecule has 0 aliphatic heterocycles. The van der Waals surface area contributed by atoms with E-state index in [-0.39, 0.29) is 10.6 Å². The minimum Gasteiger partial charge on any atom is -0.481 e. The van der Waals surface area contributed by atoms with Crippen LogP contribution in [0.15, 0.2) is 40.7 Å². The molecule has 3 N–H and O–H groups in total. The number of alkyl halides is 3. The maximum Gasteiger partial charge on any atom is 0.490 e. The quantitative estimate of drug-likeness (QED) is 0.476. The fourth-order valence-electron chi connectivity index (χ4n) is 2.40. The number of halogens is 3. The summed E-state index contributed by atoms with van der Waals surface area (Å²) in [4.78, 5) is 24.9. The molecule has 2 heterocycles. The number of carbonyl (C=O) groups is 2. The fraction of sp³-hybridized carbons (Fsp3) is 0.389. The largest absolute Gasteiger partial charge is 0.490 e. The molecule has 2 aromatic rings. The van der Waals surface area contributed by atoms with Crippen LogP contribution in [0, 0.1) is 0 Å². The first-order chi connectivity index (χ1) is 14.5. The van der Waals surface area contributed by atoms with Crippen LogP contribution in [0.1, 0.15) is 6.42 Å². The molecule has 0 bridgehead atoms. The van der Waals surface area contributed by atoms with Crippen molar-refractivity contribution in [2.24, 2.45) is 0 Å². The molecule has 0 unspecified atom stereocenters. The number of thiophene rings is 1. The van der Waals surface area contributed by atoms with E-state index in [1.807, 2.05) is 27.2 Å². The first kappa shape index (κ1) is 27.5. The van der Waals surface area contributed by atoms with Crippen LogP contribution >= 0.6 is 11.3 Å². The summed E-state index contributed by atoms with van der Waals surface area (Å²) in [7, 11) is 1.85. The molecule has 14 heteroatoms. The Kier molecular flexibility index (Phi) is 9.32. The predicted molar refractivity (Wildman–Crippen MR) is 111 cm³/mol. The molecule has 0 aliphatic carbocycles. The highest BCUT2D eigenvalue weighted by molar-refractivity contribution is 7.91. The number of carboxylic acid groups (broad SMARTS) is 2. The van der Waals surface area contributed by atoms with Gasteiger partial charge in [-0.2, -0.15) is 13.2 Å². The Hall–Kier alpha value is -2.55. The summed E-state index contributed by atoms with van der Waals surface area (Å²) in [5.41, 5.74) is 0.697. The van der Waals surface area contributed by atoms with Crippen LogP contribution in [-0.4, -0.2) is 79.9 Å². The number of carboxylic acids is 2. The Labute approximate surface area is 186 Å². The molecule has 178 valence electrons. The number of aromatic nitrogens is 1. The van der Waals surface area contributed by atoms with Crippen molar-refractivity contribution in [2.45, 2.75) is 22.8 Å². The van der Waals surface area contributed by atoms with E-state index in [0.29, 0.717) is 16.7 Å². The molecular formula is C18H23F3N3O6S2+. The normalized spacial score (nSPS) is 13.1. The van der Waals surface area contributed by atoms with Crippen molar-refractivity contribution in [3.63, 3.8) is 0 Å². The summed E-state index contributed by atoms with van der Waals surface area (Å²) < 4.78 is 60.1. The van der Waals surface area contributed by atoms with Crippen molar-refractivity contribution < 1.29 is 45.9 Å². The van der Waals surface area contributed by atoms with Gasteiger partial charge in [-0.1, -0.05) is 6.07 Å². The van der Waals surface area contributed by atoms with Crippen LogP contribution in [0.3, 0.4) is 0 Å². The van der Waals surface area contributed by atoms with Crippen molar-refractivity contribution in [3.05, 3.63) is 36.5 Å². The van der Waals surface area contributed by atoms with Gasteiger partial charge in [-0.3, -0.25) is 9.78 Å². The lowest BCUT2D eigenvalue weighted by molar-refractivity contribution is -0.871. The molecule has 0 aliphatic rings. The topological polar surface area (TPSA) is 134 Å². The van der Waals surface area contributed by atoms with Gasteiger partial charge >= 0.3 is 18.1 Å². The summed E-state index contributed by atoms with van der Waals surface area (Å²) in [6.07, 6.45) is -3.71. The van der Waals surface area contributed by atoms with Gasteiger partial charge in [-0.25, -0.2) is 17.9 Å². The minimum atomic E-state index is -5.08. The average Bonchev–Trinajstić information content (AvgIpc) is 3.11. The molecular weight excluding hydrogens is 475 g/mol. The van der Waals surface area contributed by atoms with Crippen LogP contribution in [-0.2, 0) is 19.6 Å². The zero-order chi connectivity index (χ0) is 24.7. The Morgan fingerprint density at radius 1 is 1.16 bits per heavy atom. The molecule has 0 saturated carbocycles. The van der Waals surface area contributed by atoms with Crippen molar-refractivity contribution in [1.29, 1.82) is 0 Å². The standard InChI is InChI=1S/C16H21N3O4S2.C2HF3O2/c1-19(2,3)11-12(10-15(20)21)18-25(22,23)16-8-7-14(24-16)13-6-4-5-9-17-13;3-2(4,5)1(6)7/h4-9,12,18H,10-11H2,1-3H3;(H,6,7)/p+1/t12-;/m1./s1. The summed E-state index contributed by atoms with van der Waals surface area (Å²) >= 11 is 1.11. The van der Waals surface area contributed by atoms with E-state index in [9.17, 15) is 26.4 Å². The van der Waals surface area contributed by atoms with Gasteiger partial charge in [0.2, 0.25) is 0 Å². The highest BCUT2D eigenvalue weighted by atomic mass is 32.2. The second-order valence-electron chi connectivity index (χ2n) is 7.53. The first-order valence-corrected chi connectivity index (χ1v) is 11.2. The third-order valence-electron chi connectivity index (χ3n) is 3.52. The van der Waals surface area contributed by atoms with Gasteiger partial charge in [0, 0.05) is 6.20 Å². The Morgan fingerprint density at radius 3 is 2.19 bits per heavy atom. The molecule has 2 rings (SSSR count). The van der Waals surface area contributed by atoms with E-state index in [1.54, 1.807) is 24.4 Å². The van der Waals surface area contributed by atoms with Gasteiger partial charge in [0.05, 0.1) is 50.7 Å².